The van der Waals surface area contributed by atoms with Crippen LogP contribution in [0.1, 0.15) is 24.4 Å². The Morgan fingerprint density at radius 1 is 1.26 bits per heavy atom. The highest BCUT2D eigenvalue weighted by Crippen LogP contribution is 2.29. The van der Waals surface area contributed by atoms with Crippen LogP contribution in [0.4, 0.5) is 19.0 Å². The Hall–Kier alpha value is -2.12. The lowest BCUT2D eigenvalue weighted by Gasteiger charge is -2.33. The summed E-state index contributed by atoms with van der Waals surface area (Å²) in [5, 5.41) is 7.06. The maximum absolute atomic E-state index is 12.5. The molecular formula is C15H18F3N5. The summed E-state index contributed by atoms with van der Waals surface area (Å²) in [6, 6.07) is 2.39. The Bertz CT molecular complexity index is 650. The lowest BCUT2D eigenvalue weighted by Crippen LogP contribution is -2.37. The van der Waals surface area contributed by atoms with Crippen LogP contribution in [0.2, 0.25) is 0 Å². The van der Waals surface area contributed by atoms with Gasteiger partial charge >= 0.3 is 6.18 Å². The van der Waals surface area contributed by atoms with Crippen LogP contribution in [0.15, 0.2) is 24.5 Å². The lowest BCUT2D eigenvalue weighted by molar-refractivity contribution is -0.141. The molecule has 1 unspecified atom stereocenters. The normalized spacial score (nSPS) is 19.1. The van der Waals surface area contributed by atoms with Gasteiger partial charge in [-0.3, -0.25) is 0 Å². The molecule has 1 fully saturated rings. The van der Waals surface area contributed by atoms with Crippen LogP contribution in [-0.2, 0) is 19.6 Å². The van der Waals surface area contributed by atoms with E-state index in [1.807, 2.05) is 22.7 Å². The number of piperidine rings is 1. The van der Waals surface area contributed by atoms with Crippen molar-refractivity contribution in [3.63, 3.8) is 0 Å². The maximum atomic E-state index is 12.5. The van der Waals surface area contributed by atoms with E-state index in [-0.39, 0.29) is 0 Å². The Kier molecular flexibility index (Phi) is 4.23. The average molecular weight is 325 g/mol. The van der Waals surface area contributed by atoms with Gasteiger partial charge in [-0.15, -0.1) is 10.2 Å². The van der Waals surface area contributed by atoms with Crippen LogP contribution in [0.5, 0.6) is 0 Å². The minimum atomic E-state index is -4.45. The predicted octanol–water partition coefficient (Wildman–Crippen LogP) is 2.69. The number of rotatable bonds is 3. The molecule has 0 saturated carbocycles. The number of anilines is 1. The fourth-order valence-electron chi connectivity index (χ4n) is 2.94. The molecule has 5 nitrogen and oxygen atoms in total. The fraction of sp³-hybridized carbons (Fsp3) is 0.533. The third kappa shape index (κ3) is 3.62. The summed E-state index contributed by atoms with van der Waals surface area (Å²) in [4.78, 5) is 6.34. The molecule has 8 heteroatoms. The van der Waals surface area contributed by atoms with Crippen molar-refractivity contribution in [3.05, 3.63) is 36.0 Å². The van der Waals surface area contributed by atoms with Gasteiger partial charge in [0.05, 0.1) is 0 Å². The van der Waals surface area contributed by atoms with Crippen molar-refractivity contribution in [2.75, 3.05) is 18.0 Å². The number of hydrogen-bond acceptors (Lipinski definition) is 4. The summed E-state index contributed by atoms with van der Waals surface area (Å²) in [5.41, 5.74) is -0.956. The second-order valence-electron chi connectivity index (χ2n) is 5.89. The predicted molar refractivity (Wildman–Crippen MR) is 78.9 cm³/mol. The summed E-state index contributed by atoms with van der Waals surface area (Å²) in [6.45, 7) is 1.55. The van der Waals surface area contributed by atoms with E-state index in [4.69, 9.17) is 0 Å². The second-order valence-corrected chi connectivity index (χ2v) is 5.89. The van der Waals surface area contributed by atoms with E-state index in [1.54, 1.807) is 6.20 Å². The maximum Gasteiger partial charge on any atom is 0.435 e. The molecule has 0 radical (unpaired) electrons. The van der Waals surface area contributed by atoms with Crippen molar-refractivity contribution in [1.29, 1.82) is 0 Å². The molecule has 124 valence electrons. The molecule has 2 aromatic heterocycles. The zero-order chi connectivity index (χ0) is 16.4. The minimum Gasteiger partial charge on any atom is -0.355 e. The van der Waals surface area contributed by atoms with Crippen molar-refractivity contribution in [1.82, 2.24) is 19.7 Å². The number of imidazole rings is 1. The molecule has 23 heavy (non-hydrogen) atoms. The van der Waals surface area contributed by atoms with Crippen LogP contribution < -0.4 is 4.90 Å². The molecule has 0 spiro atoms. The molecule has 0 aliphatic carbocycles. The summed E-state index contributed by atoms with van der Waals surface area (Å²) in [6.07, 6.45) is 2.16. The molecule has 1 saturated heterocycles. The molecule has 1 atom stereocenters. The van der Waals surface area contributed by atoms with Gasteiger partial charge in [0.25, 0.3) is 0 Å². The highest BCUT2D eigenvalue weighted by atomic mass is 19.4. The van der Waals surface area contributed by atoms with E-state index in [1.165, 1.54) is 6.07 Å². The number of aromatic nitrogens is 4. The van der Waals surface area contributed by atoms with E-state index in [2.05, 4.69) is 15.2 Å². The van der Waals surface area contributed by atoms with Crippen LogP contribution in [0, 0.1) is 5.92 Å². The summed E-state index contributed by atoms with van der Waals surface area (Å²) >= 11 is 0. The number of aryl methyl sites for hydroxylation is 1. The third-order valence-corrected chi connectivity index (χ3v) is 4.18. The SMILES string of the molecule is Cn1ccnc1CC1CCCN(c2ccc(C(F)(F)F)nn2)C1. The van der Waals surface area contributed by atoms with Gasteiger partial charge < -0.3 is 9.47 Å². The number of halogens is 3. The van der Waals surface area contributed by atoms with Gasteiger partial charge in [-0.05, 0) is 30.9 Å². The fourth-order valence-corrected chi connectivity index (χ4v) is 2.94. The summed E-state index contributed by atoms with van der Waals surface area (Å²) < 4.78 is 39.6. The molecular weight excluding hydrogens is 307 g/mol. The zero-order valence-corrected chi connectivity index (χ0v) is 12.8. The van der Waals surface area contributed by atoms with Crippen molar-refractivity contribution in [3.8, 4) is 0 Å². The Labute approximate surface area is 132 Å². The molecule has 0 amide bonds. The first-order valence-corrected chi connectivity index (χ1v) is 7.55. The quantitative estimate of drug-likeness (QED) is 0.870. The minimum absolute atomic E-state index is 0.411. The van der Waals surface area contributed by atoms with Crippen LogP contribution in [0.25, 0.3) is 0 Å². The van der Waals surface area contributed by atoms with Gasteiger partial charge in [0.15, 0.2) is 11.5 Å². The van der Waals surface area contributed by atoms with Gasteiger partial charge in [0, 0.05) is 39.0 Å². The highest BCUT2D eigenvalue weighted by molar-refractivity contribution is 5.38. The Morgan fingerprint density at radius 3 is 2.70 bits per heavy atom. The van der Waals surface area contributed by atoms with Crippen molar-refractivity contribution >= 4 is 5.82 Å². The van der Waals surface area contributed by atoms with Crippen molar-refractivity contribution < 1.29 is 13.2 Å². The number of alkyl halides is 3. The first-order chi connectivity index (χ1) is 10.9. The van der Waals surface area contributed by atoms with Gasteiger partial charge in [0.2, 0.25) is 0 Å². The molecule has 3 rings (SSSR count). The molecule has 1 aliphatic heterocycles. The number of nitrogens with zero attached hydrogens (tertiary/aromatic N) is 5. The highest BCUT2D eigenvalue weighted by Gasteiger charge is 2.33. The topological polar surface area (TPSA) is 46.8 Å². The van der Waals surface area contributed by atoms with Crippen LogP contribution >= 0.6 is 0 Å². The molecule has 1 aliphatic rings. The molecule has 3 heterocycles. The molecule has 0 N–H and O–H groups in total. The first kappa shape index (κ1) is 15.8. The second kappa shape index (κ2) is 6.17. The molecule has 0 aromatic carbocycles. The van der Waals surface area contributed by atoms with Crippen molar-refractivity contribution in [2.45, 2.75) is 25.4 Å². The van der Waals surface area contributed by atoms with Crippen LogP contribution in [-0.4, -0.2) is 32.8 Å². The van der Waals surface area contributed by atoms with Crippen molar-refractivity contribution in [2.24, 2.45) is 13.0 Å². The van der Waals surface area contributed by atoms with E-state index in [0.29, 0.717) is 11.7 Å². The third-order valence-electron chi connectivity index (χ3n) is 4.18. The van der Waals surface area contributed by atoms with E-state index < -0.39 is 11.9 Å². The Morgan fingerprint density at radius 2 is 2.09 bits per heavy atom. The molecule has 2 aromatic rings. The standard InChI is InChI=1S/C15H18F3N5/c1-22-8-6-19-14(22)9-11-3-2-7-23(10-11)13-5-4-12(20-21-13)15(16,17)18/h4-6,8,11H,2-3,7,9-10H2,1H3. The van der Waals surface area contributed by atoms with E-state index >= 15 is 0 Å². The van der Waals surface area contributed by atoms with Gasteiger partial charge in [-0.25, -0.2) is 4.98 Å². The summed E-state index contributed by atoms with van der Waals surface area (Å²) in [7, 11) is 1.96. The van der Waals surface area contributed by atoms with Gasteiger partial charge in [-0.1, -0.05) is 0 Å². The average Bonchev–Trinajstić information content (AvgIpc) is 2.92. The Balaban J connectivity index is 1.67. The number of hydrogen-bond donors (Lipinski definition) is 0. The van der Waals surface area contributed by atoms with Gasteiger partial charge in [0.1, 0.15) is 5.82 Å². The smallest absolute Gasteiger partial charge is 0.355 e. The van der Waals surface area contributed by atoms with E-state index in [0.717, 1.165) is 44.2 Å². The monoisotopic (exact) mass is 325 g/mol. The largest absolute Gasteiger partial charge is 0.435 e. The summed E-state index contributed by atoms with van der Waals surface area (Å²) in [5.74, 6) is 1.94. The lowest BCUT2D eigenvalue weighted by atomic mass is 9.94. The van der Waals surface area contributed by atoms with Crippen LogP contribution in [0.3, 0.4) is 0 Å². The van der Waals surface area contributed by atoms with E-state index in [9.17, 15) is 13.2 Å². The van der Waals surface area contributed by atoms with Gasteiger partial charge in [-0.2, -0.15) is 13.2 Å². The molecule has 0 bridgehead atoms. The zero-order valence-electron chi connectivity index (χ0n) is 12.8. The first-order valence-electron chi connectivity index (χ1n) is 7.55.